The Balaban J connectivity index is 4.34. The highest BCUT2D eigenvalue weighted by atomic mass is 19.4. The van der Waals surface area contributed by atoms with Gasteiger partial charge in [-0.3, -0.25) is 4.39 Å². The zero-order chi connectivity index (χ0) is 10.5. The van der Waals surface area contributed by atoms with E-state index < -0.39 is 25.1 Å². The Bertz CT molecular complexity index is 146. The highest BCUT2D eigenvalue weighted by molar-refractivity contribution is 4.77. The van der Waals surface area contributed by atoms with Crippen molar-refractivity contribution in [2.75, 3.05) is 13.3 Å². The van der Waals surface area contributed by atoms with Crippen molar-refractivity contribution in [3.8, 4) is 0 Å². The van der Waals surface area contributed by atoms with Crippen LogP contribution in [-0.2, 0) is 4.74 Å². The van der Waals surface area contributed by atoms with E-state index in [-0.39, 0.29) is 13.0 Å². The third-order valence-electron chi connectivity index (χ3n) is 1.37. The summed E-state index contributed by atoms with van der Waals surface area (Å²) in [6.45, 7) is -0.248. The predicted octanol–water partition coefficient (Wildman–Crippen LogP) is 3.00. The van der Waals surface area contributed by atoms with Crippen molar-refractivity contribution in [2.45, 2.75) is 31.8 Å². The highest BCUT2D eigenvalue weighted by Gasteiger charge is 2.57. The summed E-state index contributed by atoms with van der Waals surface area (Å²) >= 11 is 0. The van der Waals surface area contributed by atoms with Crippen molar-refractivity contribution in [2.24, 2.45) is 0 Å². The molecule has 0 aliphatic carbocycles. The monoisotopic (exact) mass is 206 g/mol. The van der Waals surface area contributed by atoms with Gasteiger partial charge in [0, 0.05) is 6.42 Å². The van der Waals surface area contributed by atoms with E-state index in [0.29, 0.717) is 0 Å². The number of halogens is 5. The SMILES string of the molecule is CCCOC(F)(CCF)C(F)(F)F. The molecule has 0 aliphatic heterocycles. The maximum Gasteiger partial charge on any atom is 0.448 e. The first-order valence-corrected chi connectivity index (χ1v) is 3.83. The van der Waals surface area contributed by atoms with Crippen LogP contribution in [-0.4, -0.2) is 25.3 Å². The molecule has 0 saturated heterocycles. The first-order chi connectivity index (χ1) is 5.87. The van der Waals surface area contributed by atoms with Gasteiger partial charge in [0.15, 0.2) is 0 Å². The standard InChI is InChI=1S/C7H11F5O/c1-2-5-13-6(9,3-4-8)7(10,11)12/h2-5H2,1H3. The van der Waals surface area contributed by atoms with E-state index in [4.69, 9.17) is 0 Å². The quantitative estimate of drug-likeness (QED) is 0.628. The molecule has 0 aromatic carbocycles. The second-order valence-electron chi connectivity index (χ2n) is 2.51. The van der Waals surface area contributed by atoms with Gasteiger partial charge < -0.3 is 4.74 Å². The molecule has 0 aliphatic rings. The summed E-state index contributed by atoms with van der Waals surface area (Å²) < 4.78 is 64.3. The molecule has 1 atom stereocenters. The molecule has 0 bridgehead atoms. The number of alkyl halides is 5. The van der Waals surface area contributed by atoms with Crippen molar-refractivity contribution >= 4 is 0 Å². The lowest BCUT2D eigenvalue weighted by atomic mass is 10.2. The van der Waals surface area contributed by atoms with E-state index in [0.717, 1.165) is 0 Å². The summed E-state index contributed by atoms with van der Waals surface area (Å²) in [6, 6.07) is 0. The van der Waals surface area contributed by atoms with Gasteiger partial charge >= 0.3 is 12.0 Å². The molecule has 0 heterocycles. The van der Waals surface area contributed by atoms with Crippen LogP contribution in [0.2, 0.25) is 0 Å². The number of hydrogen-bond acceptors (Lipinski definition) is 1. The Morgan fingerprint density at radius 1 is 1.15 bits per heavy atom. The van der Waals surface area contributed by atoms with Crippen molar-refractivity contribution in [3.05, 3.63) is 0 Å². The lowest BCUT2D eigenvalue weighted by molar-refractivity contribution is -0.335. The van der Waals surface area contributed by atoms with Gasteiger partial charge in [0.2, 0.25) is 0 Å². The fraction of sp³-hybridized carbons (Fsp3) is 1.00. The van der Waals surface area contributed by atoms with Crippen LogP contribution in [0.15, 0.2) is 0 Å². The van der Waals surface area contributed by atoms with Gasteiger partial charge in [0.05, 0.1) is 13.3 Å². The third kappa shape index (κ3) is 3.46. The maximum atomic E-state index is 12.9. The van der Waals surface area contributed by atoms with Crippen molar-refractivity contribution < 1.29 is 26.7 Å². The summed E-state index contributed by atoms with van der Waals surface area (Å²) in [5.74, 6) is -3.84. The van der Waals surface area contributed by atoms with Crippen LogP contribution in [0.5, 0.6) is 0 Å². The van der Waals surface area contributed by atoms with E-state index in [2.05, 4.69) is 4.74 Å². The minimum atomic E-state index is -5.17. The van der Waals surface area contributed by atoms with Crippen LogP contribution >= 0.6 is 0 Å². The van der Waals surface area contributed by atoms with Crippen LogP contribution in [0.3, 0.4) is 0 Å². The second kappa shape index (κ2) is 4.74. The normalized spacial score (nSPS) is 17.1. The summed E-state index contributed by atoms with van der Waals surface area (Å²) in [5, 5.41) is 0. The van der Waals surface area contributed by atoms with E-state index in [1.807, 2.05) is 0 Å². The summed E-state index contributed by atoms with van der Waals surface area (Å²) in [5.41, 5.74) is 0. The smallest absolute Gasteiger partial charge is 0.339 e. The maximum absolute atomic E-state index is 12.9. The second-order valence-corrected chi connectivity index (χ2v) is 2.51. The molecule has 0 spiro atoms. The van der Waals surface area contributed by atoms with Gasteiger partial charge in [-0.25, -0.2) is 4.39 Å². The minimum absolute atomic E-state index is 0.244. The van der Waals surface area contributed by atoms with Crippen LogP contribution in [0.25, 0.3) is 0 Å². The molecule has 1 unspecified atom stereocenters. The number of rotatable bonds is 5. The van der Waals surface area contributed by atoms with Gasteiger partial charge in [-0.15, -0.1) is 0 Å². The largest absolute Gasteiger partial charge is 0.448 e. The number of hydrogen-bond donors (Lipinski definition) is 0. The minimum Gasteiger partial charge on any atom is -0.339 e. The van der Waals surface area contributed by atoms with Crippen LogP contribution in [0, 0.1) is 0 Å². The summed E-state index contributed by atoms with van der Waals surface area (Å²) in [7, 11) is 0. The van der Waals surface area contributed by atoms with Crippen LogP contribution in [0.1, 0.15) is 19.8 Å². The fourth-order valence-corrected chi connectivity index (χ4v) is 0.681. The van der Waals surface area contributed by atoms with Crippen LogP contribution in [0.4, 0.5) is 22.0 Å². The zero-order valence-electron chi connectivity index (χ0n) is 7.13. The lowest BCUT2D eigenvalue weighted by Gasteiger charge is -2.26. The molecule has 0 amide bonds. The average Bonchev–Trinajstić information content (AvgIpc) is 1.99. The van der Waals surface area contributed by atoms with Gasteiger partial charge in [-0.05, 0) is 6.42 Å². The van der Waals surface area contributed by atoms with Gasteiger partial charge in [-0.2, -0.15) is 13.2 Å². The molecule has 0 saturated carbocycles. The van der Waals surface area contributed by atoms with Crippen molar-refractivity contribution in [1.29, 1.82) is 0 Å². The highest BCUT2D eigenvalue weighted by Crippen LogP contribution is 2.37. The molecular formula is C7H11F5O. The van der Waals surface area contributed by atoms with Crippen molar-refractivity contribution in [3.63, 3.8) is 0 Å². The van der Waals surface area contributed by atoms with Crippen LogP contribution < -0.4 is 0 Å². The Hall–Kier alpha value is -0.390. The Morgan fingerprint density at radius 2 is 1.69 bits per heavy atom. The Kier molecular flexibility index (Phi) is 4.60. The van der Waals surface area contributed by atoms with E-state index >= 15 is 0 Å². The Morgan fingerprint density at radius 3 is 2.00 bits per heavy atom. The number of ether oxygens (including phenoxy) is 1. The predicted molar refractivity (Wildman–Crippen MR) is 36.7 cm³/mol. The summed E-state index contributed by atoms with van der Waals surface area (Å²) in [6.07, 6.45) is -6.24. The molecule has 0 N–H and O–H groups in total. The third-order valence-corrected chi connectivity index (χ3v) is 1.37. The molecule has 6 heteroatoms. The van der Waals surface area contributed by atoms with Gasteiger partial charge in [0.1, 0.15) is 0 Å². The topological polar surface area (TPSA) is 9.23 Å². The van der Waals surface area contributed by atoms with E-state index in [1.54, 1.807) is 0 Å². The molecule has 0 radical (unpaired) electrons. The molecule has 80 valence electrons. The Labute approximate surface area is 72.9 Å². The average molecular weight is 206 g/mol. The molecule has 0 fully saturated rings. The molecule has 0 aromatic heterocycles. The molecular weight excluding hydrogens is 195 g/mol. The molecule has 0 rings (SSSR count). The van der Waals surface area contributed by atoms with Gasteiger partial charge in [0.25, 0.3) is 0 Å². The lowest BCUT2D eigenvalue weighted by Crippen LogP contribution is -2.44. The molecule has 1 nitrogen and oxygen atoms in total. The fourth-order valence-electron chi connectivity index (χ4n) is 0.681. The zero-order valence-corrected chi connectivity index (χ0v) is 7.13. The van der Waals surface area contributed by atoms with E-state index in [1.165, 1.54) is 6.92 Å². The van der Waals surface area contributed by atoms with Gasteiger partial charge in [-0.1, -0.05) is 6.92 Å². The first kappa shape index (κ1) is 12.6. The van der Waals surface area contributed by atoms with Crippen molar-refractivity contribution in [1.82, 2.24) is 0 Å². The summed E-state index contributed by atoms with van der Waals surface area (Å²) in [4.78, 5) is 0. The van der Waals surface area contributed by atoms with E-state index in [9.17, 15) is 22.0 Å². The molecule has 13 heavy (non-hydrogen) atoms. The molecule has 0 aromatic rings. The first-order valence-electron chi connectivity index (χ1n) is 3.83.